The highest BCUT2D eigenvalue weighted by molar-refractivity contribution is 5.65. The van der Waals surface area contributed by atoms with Crippen LogP contribution < -0.4 is 0 Å². The van der Waals surface area contributed by atoms with Crippen molar-refractivity contribution < 1.29 is 9.53 Å². The van der Waals surface area contributed by atoms with Crippen molar-refractivity contribution in [3.8, 4) is 0 Å². The lowest BCUT2D eigenvalue weighted by Crippen LogP contribution is -1.95. The number of rotatable bonds is 1. The van der Waals surface area contributed by atoms with Crippen molar-refractivity contribution in [1.29, 1.82) is 0 Å². The Morgan fingerprint density at radius 3 is 1.89 bits per heavy atom. The minimum Gasteiger partial charge on any atom is -0.466 e. The van der Waals surface area contributed by atoms with Crippen molar-refractivity contribution >= 4 is 5.97 Å². The molecule has 0 N–H and O–H groups in total. The minimum atomic E-state index is -0.211. The van der Waals surface area contributed by atoms with Crippen molar-refractivity contribution in [3.05, 3.63) is 0 Å². The number of hydrogen-bond donors (Lipinski definition) is 0. The number of ether oxygens (including phenoxy) is 1. The maximum Gasteiger partial charge on any atom is 0.302 e. The second-order valence-electron chi connectivity index (χ2n) is 1.99. The molecule has 0 amide bonds. The largest absolute Gasteiger partial charge is 0.466 e. The Balaban J connectivity index is 0.000000173. The van der Waals surface area contributed by atoms with Gasteiger partial charge in [0.05, 0.1) is 6.61 Å². The van der Waals surface area contributed by atoms with Crippen molar-refractivity contribution in [1.82, 2.24) is 0 Å². The summed E-state index contributed by atoms with van der Waals surface area (Å²) in [6, 6.07) is 0. The smallest absolute Gasteiger partial charge is 0.302 e. The minimum absolute atomic E-state index is 0.211. The van der Waals surface area contributed by atoms with Crippen LogP contribution in [-0.2, 0) is 9.53 Å². The highest BCUT2D eigenvalue weighted by Crippen LogP contribution is 2.14. The molecule has 0 unspecified atom stereocenters. The quantitative estimate of drug-likeness (QED) is 0.505. The van der Waals surface area contributed by atoms with Crippen LogP contribution in [0.5, 0.6) is 0 Å². The van der Waals surface area contributed by atoms with Gasteiger partial charge in [-0.25, -0.2) is 0 Å². The summed E-state index contributed by atoms with van der Waals surface area (Å²) >= 11 is 0. The summed E-state index contributed by atoms with van der Waals surface area (Å²) in [5.41, 5.74) is 0. The van der Waals surface area contributed by atoms with Crippen LogP contribution >= 0.6 is 0 Å². The molecule has 54 valence electrons. The molecule has 0 saturated heterocycles. The Hall–Kier alpha value is -0.530. The Bertz CT molecular complexity index is 74.2. The van der Waals surface area contributed by atoms with Crippen LogP contribution in [-0.4, -0.2) is 12.6 Å². The van der Waals surface area contributed by atoms with Gasteiger partial charge < -0.3 is 4.74 Å². The van der Waals surface area contributed by atoms with Gasteiger partial charge in [0.15, 0.2) is 0 Å². The Kier molecular flexibility index (Phi) is 5.27. The molecule has 0 atom stereocenters. The predicted molar refractivity (Wildman–Crippen MR) is 36.2 cm³/mol. The number of carbonyl (C=O) groups is 1. The molecule has 1 rings (SSSR count). The Morgan fingerprint density at radius 1 is 1.44 bits per heavy atom. The molecule has 9 heavy (non-hydrogen) atoms. The van der Waals surface area contributed by atoms with Crippen molar-refractivity contribution in [2.24, 2.45) is 0 Å². The summed E-state index contributed by atoms with van der Waals surface area (Å²) in [5.74, 6) is -0.211. The highest BCUT2D eigenvalue weighted by atomic mass is 16.5. The van der Waals surface area contributed by atoms with Crippen LogP contribution in [0.3, 0.4) is 0 Å². The van der Waals surface area contributed by atoms with E-state index in [4.69, 9.17) is 0 Å². The molecule has 1 aliphatic carbocycles. The zero-order chi connectivity index (χ0) is 7.11. The maximum absolute atomic E-state index is 9.82. The topological polar surface area (TPSA) is 26.3 Å². The van der Waals surface area contributed by atoms with Crippen LogP contribution in [0.25, 0.3) is 0 Å². The molecule has 0 spiro atoms. The molecule has 1 aliphatic rings. The van der Waals surface area contributed by atoms with Crippen molar-refractivity contribution in [2.45, 2.75) is 33.1 Å². The fourth-order valence-corrected chi connectivity index (χ4v) is 0.203. The molecule has 2 nitrogen and oxygen atoms in total. The zero-order valence-corrected chi connectivity index (χ0v) is 6.14. The van der Waals surface area contributed by atoms with Gasteiger partial charge in [-0.2, -0.15) is 0 Å². The van der Waals surface area contributed by atoms with Gasteiger partial charge in [0.25, 0.3) is 0 Å². The third-order valence-corrected chi connectivity index (χ3v) is 0.701. The average molecular weight is 130 g/mol. The summed E-state index contributed by atoms with van der Waals surface area (Å²) in [6.45, 7) is 3.65. The van der Waals surface area contributed by atoms with Crippen LogP contribution in [0.2, 0.25) is 0 Å². The summed E-state index contributed by atoms with van der Waals surface area (Å²) < 4.78 is 4.40. The van der Waals surface area contributed by atoms with E-state index in [0.717, 1.165) is 0 Å². The molecule has 0 radical (unpaired) electrons. The first-order chi connectivity index (χ1) is 4.27. The van der Waals surface area contributed by atoms with Crippen LogP contribution in [0.15, 0.2) is 0 Å². The van der Waals surface area contributed by atoms with Gasteiger partial charge in [0.2, 0.25) is 0 Å². The molecule has 0 aromatic rings. The van der Waals surface area contributed by atoms with E-state index in [-0.39, 0.29) is 5.97 Å². The average Bonchev–Trinajstić information content (AvgIpc) is 2.45. The Labute approximate surface area is 56.2 Å². The van der Waals surface area contributed by atoms with E-state index in [1.54, 1.807) is 6.92 Å². The van der Waals surface area contributed by atoms with Gasteiger partial charge in [0, 0.05) is 6.92 Å². The number of esters is 1. The van der Waals surface area contributed by atoms with Crippen LogP contribution in [0.4, 0.5) is 0 Å². The van der Waals surface area contributed by atoms with E-state index in [1.165, 1.54) is 26.2 Å². The van der Waals surface area contributed by atoms with E-state index in [0.29, 0.717) is 6.61 Å². The van der Waals surface area contributed by atoms with E-state index < -0.39 is 0 Å². The zero-order valence-electron chi connectivity index (χ0n) is 6.14. The molecular weight excluding hydrogens is 116 g/mol. The molecule has 1 fully saturated rings. The monoisotopic (exact) mass is 130 g/mol. The van der Waals surface area contributed by atoms with E-state index in [2.05, 4.69) is 4.74 Å². The molecule has 0 aromatic carbocycles. The molecular formula is C7H14O2. The number of carbonyl (C=O) groups excluding carboxylic acids is 1. The summed E-state index contributed by atoms with van der Waals surface area (Å²) in [6.07, 6.45) is 4.50. The lowest BCUT2D eigenvalue weighted by atomic mass is 10.8. The molecule has 0 aromatic heterocycles. The van der Waals surface area contributed by atoms with Crippen molar-refractivity contribution in [2.75, 3.05) is 6.61 Å². The summed E-state index contributed by atoms with van der Waals surface area (Å²) in [7, 11) is 0. The Morgan fingerprint density at radius 2 is 1.89 bits per heavy atom. The molecule has 2 heteroatoms. The predicted octanol–water partition coefficient (Wildman–Crippen LogP) is 1.74. The van der Waals surface area contributed by atoms with Gasteiger partial charge in [-0.15, -0.1) is 0 Å². The fourth-order valence-electron chi connectivity index (χ4n) is 0.203. The standard InChI is InChI=1S/C4H8O2.C3H6/c1-3-6-4(2)5;1-2-3-1/h3H2,1-2H3;1-3H2. The van der Waals surface area contributed by atoms with Crippen molar-refractivity contribution in [3.63, 3.8) is 0 Å². The molecule has 1 saturated carbocycles. The SMILES string of the molecule is C1CC1.CCOC(C)=O. The third-order valence-electron chi connectivity index (χ3n) is 0.701. The molecule has 0 aliphatic heterocycles. The summed E-state index contributed by atoms with van der Waals surface area (Å²) in [4.78, 5) is 9.82. The molecule has 0 heterocycles. The van der Waals surface area contributed by atoms with Crippen LogP contribution in [0, 0.1) is 0 Å². The lowest BCUT2D eigenvalue weighted by Gasteiger charge is -1.89. The third kappa shape index (κ3) is 18.6. The van der Waals surface area contributed by atoms with Gasteiger partial charge in [-0.05, 0) is 6.92 Å². The van der Waals surface area contributed by atoms with Gasteiger partial charge in [0.1, 0.15) is 0 Å². The first kappa shape index (κ1) is 8.47. The summed E-state index contributed by atoms with van der Waals surface area (Å²) in [5, 5.41) is 0. The van der Waals surface area contributed by atoms with E-state index in [1.807, 2.05) is 0 Å². The van der Waals surface area contributed by atoms with Crippen LogP contribution in [0.1, 0.15) is 33.1 Å². The second-order valence-corrected chi connectivity index (χ2v) is 1.99. The molecule has 0 bridgehead atoms. The van der Waals surface area contributed by atoms with Gasteiger partial charge in [-0.3, -0.25) is 4.79 Å². The number of hydrogen-bond acceptors (Lipinski definition) is 2. The van der Waals surface area contributed by atoms with Gasteiger partial charge >= 0.3 is 5.97 Å². The lowest BCUT2D eigenvalue weighted by molar-refractivity contribution is -0.140. The van der Waals surface area contributed by atoms with Gasteiger partial charge in [-0.1, -0.05) is 19.3 Å². The maximum atomic E-state index is 9.82. The van der Waals surface area contributed by atoms with E-state index >= 15 is 0 Å². The second kappa shape index (κ2) is 5.60. The normalized spacial score (nSPS) is 13.1. The van der Waals surface area contributed by atoms with E-state index in [9.17, 15) is 4.79 Å². The first-order valence-electron chi connectivity index (χ1n) is 3.40. The highest BCUT2D eigenvalue weighted by Gasteiger charge is 1.95. The fraction of sp³-hybridized carbons (Fsp3) is 0.857. The first-order valence-corrected chi connectivity index (χ1v) is 3.40.